The fourth-order valence-corrected chi connectivity index (χ4v) is 9.59. The van der Waals surface area contributed by atoms with Crippen LogP contribution >= 0.6 is 0 Å². The number of likely N-dealkylation sites (tertiary alicyclic amines) is 2. The van der Waals surface area contributed by atoms with Gasteiger partial charge < -0.3 is 33.5 Å². The Kier molecular flexibility index (Phi) is 22.0. The number of hydrogen-bond donors (Lipinski definition) is 1. The number of hydrogen-bond acceptors (Lipinski definition) is 13. The third-order valence-corrected chi connectivity index (χ3v) is 13.0. The molecule has 16 nitrogen and oxygen atoms in total. The summed E-state index contributed by atoms with van der Waals surface area (Å²) in [6, 6.07) is 2.87. The largest absolute Gasteiger partial charge is 0.447 e. The number of amides is 2. The first kappa shape index (κ1) is 64.0. The van der Waals surface area contributed by atoms with Gasteiger partial charge in [-0.3, -0.25) is 0 Å². The fourth-order valence-electron chi connectivity index (χ4n) is 9.59. The van der Waals surface area contributed by atoms with Crippen molar-refractivity contribution in [3.63, 3.8) is 0 Å². The maximum atomic E-state index is 13.5. The molecule has 2 unspecified atom stereocenters. The molecule has 2 aliphatic heterocycles. The van der Waals surface area contributed by atoms with E-state index in [-0.39, 0.29) is 96.6 Å². The van der Waals surface area contributed by atoms with Gasteiger partial charge >= 0.3 is 42.9 Å². The molecule has 1 N–H and O–H groups in total. The lowest BCUT2D eigenvalue weighted by Crippen LogP contribution is -2.57. The van der Waals surface area contributed by atoms with Gasteiger partial charge in [0.15, 0.2) is 0 Å². The van der Waals surface area contributed by atoms with E-state index in [4.69, 9.17) is 19.2 Å². The van der Waals surface area contributed by atoms with Crippen molar-refractivity contribution in [1.29, 1.82) is 5.26 Å². The summed E-state index contributed by atoms with van der Waals surface area (Å²) < 4.78 is 178. The molecule has 0 radical (unpaired) electrons. The van der Waals surface area contributed by atoms with Gasteiger partial charge in [-0.15, -0.1) is 10.2 Å². The number of carbonyl (C=O) groups is 2. The third-order valence-electron chi connectivity index (χ3n) is 13.0. The van der Waals surface area contributed by atoms with Crippen LogP contribution in [-0.2, 0) is 47.3 Å². The van der Waals surface area contributed by atoms with E-state index in [0.717, 1.165) is 0 Å². The Morgan fingerprint density at radius 3 is 1.23 bits per heavy atom. The Bertz CT molecular complexity index is 2490. The summed E-state index contributed by atoms with van der Waals surface area (Å²) in [5.74, 6) is 0.237. The van der Waals surface area contributed by atoms with Gasteiger partial charge in [-0.05, 0) is 132 Å². The SMILES string of the molecule is CC#N.CC[C@@H]1CC(N(Cc2cc(C(F)(F)F)cc(C(F)(F)F)c2)c2nn[nH]n2)C[C@H](CC)N1C(=O)OC(C)C.CC[C@@H]1CC(N(Cc2cc(C(F)(F)F)cc(C(F)(F)F)c2)c2nnc(C)o2)C[C@H](CC)N1C(=O)OC(C)C. The number of anilines is 2. The number of alkyl halides is 12. The molecule has 2 aromatic carbocycles. The Hall–Kier alpha value is -6.56. The number of nitrogens with one attached hydrogen (secondary N) is 1. The molecule has 0 saturated carbocycles. The lowest BCUT2D eigenvalue weighted by Gasteiger charge is -2.47. The van der Waals surface area contributed by atoms with Crippen LogP contribution in [0.1, 0.15) is 153 Å². The molecule has 2 fully saturated rings. The van der Waals surface area contributed by atoms with E-state index >= 15 is 0 Å². The molecule has 4 aromatic rings. The van der Waals surface area contributed by atoms with Crippen LogP contribution in [0.25, 0.3) is 0 Å². The van der Waals surface area contributed by atoms with E-state index in [2.05, 4.69) is 30.8 Å². The highest BCUT2D eigenvalue weighted by Gasteiger charge is 2.44. The number of piperidine rings is 2. The zero-order valence-corrected chi connectivity index (χ0v) is 44.7. The van der Waals surface area contributed by atoms with Crippen molar-refractivity contribution in [2.75, 3.05) is 9.80 Å². The average molecular weight is 1130 g/mol. The van der Waals surface area contributed by atoms with Crippen LogP contribution < -0.4 is 9.80 Å². The van der Waals surface area contributed by atoms with E-state index < -0.39 is 65.2 Å². The number of H-pyrrole nitrogens is 1. The van der Waals surface area contributed by atoms with Gasteiger partial charge in [0.2, 0.25) is 5.89 Å². The lowest BCUT2D eigenvalue weighted by atomic mass is 9.87. The van der Waals surface area contributed by atoms with Gasteiger partial charge in [-0.2, -0.15) is 63.2 Å². The molecule has 4 heterocycles. The number of halogens is 12. The van der Waals surface area contributed by atoms with Gasteiger partial charge in [-0.1, -0.05) is 37.9 Å². The highest BCUT2D eigenvalue weighted by molar-refractivity contribution is 5.69. The Morgan fingerprint density at radius 2 is 0.962 bits per heavy atom. The predicted octanol–water partition coefficient (Wildman–Crippen LogP) is 13.3. The van der Waals surface area contributed by atoms with Crippen molar-refractivity contribution in [3.8, 4) is 6.07 Å². The summed E-state index contributed by atoms with van der Waals surface area (Å²) in [6.07, 6.45) is -17.6. The zero-order chi connectivity index (χ0) is 58.7. The van der Waals surface area contributed by atoms with Crippen molar-refractivity contribution < 1.29 is 76.2 Å². The quantitative estimate of drug-likeness (QED) is 0.118. The molecule has 2 aromatic heterocycles. The number of aromatic amines is 1. The molecule has 28 heteroatoms. The normalized spacial score (nSPS) is 20.0. The minimum absolute atomic E-state index is 0.0126. The monoisotopic (exact) mass is 1130 g/mol. The zero-order valence-electron chi connectivity index (χ0n) is 44.7. The first-order valence-corrected chi connectivity index (χ1v) is 25.2. The number of tetrazole rings is 1. The van der Waals surface area contributed by atoms with Crippen LogP contribution in [0, 0.1) is 18.3 Å². The predicted molar refractivity (Wildman–Crippen MR) is 259 cm³/mol. The van der Waals surface area contributed by atoms with Gasteiger partial charge in [0, 0.05) is 63.2 Å². The van der Waals surface area contributed by atoms with E-state index in [0.29, 0.717) is 75.6 Å². The average Bonchev–Trinajstić information content (AvgIpc) is 4.05. The van der Waals surface area contributed by atoms with Crippen LogP contribution in [0.5, 0.6) is 0 Å². The number of nitrogens with zero attached hydrogens (tertiary/aromatic N) is 10. The lowest BCUT2D eigenvalue weighted by molar-refractivity contribution is -0.144. The van der Waals surface area contributed by atoms with E-state index in [9.17, 15) is 62.3 Å². The van der Waals surface area contributed by atoms with Gasteiger partial charge in [0.1, 0.15) is 0 Å². The van der Waals surface area contributed by atoms with Crippen LogP contribution in [0.3, 0.4) is 0 Å². The molecule has 78 heavy (non-hydrogen) atoms. The minimum atomic E-state index is -4.97. The van der Waals surface area contributed by atoms with Gasteiger partial charge in [0.25, 0.3) is 5.95 Å². The van der Waals surface area contributed by atoms with Gasteiger partial charge in [-0.25, -0.2) is 9.59 Å². The summed E-state index contributed by atoms with van der Waals surface area (Å²) in [7, 11) is 0. The molecule has 0 spiro atoms. The molecule has 2 saturated heterocycles. The third kappa shape index (κ3) is 17.2. The molecule has 6 rings (SSSR count). The Labute approximate surface area is 443 Å². The summed E-state index contributed by atoms with van der Waals surface area (Å²) in [5.41, 5.74) is -5.98. The first-order chi connectivity index (χ1) is 36.3. The van der Waals surface area contributed by atoms with Crippen LogP contribution in [0.2, 0.25) is 0 Å². The molecule has 0 bridgehead atoms. The molecule has 6 atom stereocenters. The molecule has 434 valence electrons. The maximum Gasteiger partial charge on any atom is 0.416 e. The summed E-state index contributed by atoms with van der Waals surface area (Å²) in [5, 5.41) is 28.9. The van der Waals surface area contributed by atoms with Crippen molar-refractivity contribution in [3.05, 3.63) is 75.7 Å². The van der Waals surface area contributed by atoms with E-state index in [1.165, 1.54) is 13.8 Å². The number of aromatic nitrogens is 6. The Balaban J connectivity index is 0.000000320. The molecular formula is C50H65F12N11O5. The standard InChI is InChI=1S/C25H32F6N4O3.C23H30F6N6O2.C2H3N/c1-6-19-11-21(12-20(7-2)35(19)23(36)37-14(3)4)34(22-33-32-15(5)38-22)13-16-8-17(24(26,27)28)10-18(9-16)25(29,30)31;1-5-17-10-19(11-18(6-2)35(17)21(36)37-13(3)4)34(20-30-32-33-31-20)12-14-7-15(22(24,25)26)9-16(8-14)23(27,28)29;1-2-3/h8-10,14,19-21H,6-7,11-13H2,1-5H3;7-9,13,17-19H,5-6,10-12H2,1-4H3,(H,30,31,32,33);1H3/t19-,20+,21?;17-,18+,19?;. The van der Waals surface area contributed by atoms with Crippen molar-refractivity contribution in [2.24, 2.45) is 0 Å². The molecule has 2 aliphatic rings. The first-order valence-electron chi connectivity index (χ1n) is 25.2. The van der Waals surface area contributed by atoms with Crippen LogP contribution in [-0.4, -0.2) is 101 Å². The smallest absolute Gasteiger partial charge is 0.416 e. The summed E-state index contributed by atoms with van der Waals surface area (Å²) in [4.78, 5) is 32.2. The topological polar surface area (TPSA) is 183 Å². The fraction of sp³-hybridized carbons (Fsp3) is 0.640. The second-order valence-electron chi connectivity index (χ2n) is 19.3. The second kappa shape index (κ2) is 26.9. The number of aryl methyl sites for hydroxylation is 1. The van der Waals surface area contributed by atoms with Crippen LogP contribution in [0.4, 0.5) is 74.2 Å². The number of carbonyl (C=O) groups excluding carboxylic acids is 2. The van der Waals surface area contributed by atoms with Crippen molar-refractivity contribution in [2.45, 2.75) is 207 Å². The van der Waals surface area contributed by atoms with Crippen molar-refractivity contribution in [1.82, 2.24) is 40.6 Å². The molecule has 2 amide bonds. The number of ether oxygens (including phenoxy) is 2. The minimum Gasteiger partial charge on any atom is -0.447 e. The second-order valence-corrected chi connectivity index (χ2v) is 19.3. The highest BCUT2D eigenvalue weighted by atomic mass is 19.4. The highest BCUT2D eigenvalue weighted by Crippen LogP contribution is 2.41. The summed E-state index contributed by atoms with van der Waals surface area (Å²) in [6.45, 7) is 16.9. The number of benzene rings is 2. The molecule has 0 aliphatic carbocycles. The molecular weight excluding hydrogens is 1060 g/mol. The Morgan fingerprint density at radius 1 is 0.628 bits per heavy atom. The number of rotatable bonds is 14. The van der Waals surface area contributed by atoms with Gasteiger partial charge in [0.05, 0.1) is 40.5 Å². The number of nitriles is 1. The van der Waals surface area contributed by atoms with E-state index in [1.54, 1.807) is 53.4 Å². The maximum absolute atomic E-state index is 13.5. The van der Waals surface area contributed by atoms with E-state index in [1.807, 2.05) is 27.7 Å². The van der Waals surface area contributed by atoms with Crippen LogP contribution in [0.15, 0.2) is 40.8 Å². The summed E-state index contributed by atoms with van der Waals surface area (Å²) >= 11 is 0. The van der Waals surface area contributed by atoms with Crippen molar-refractivity contribution >= 4 is 24.1 Å².